The van der Waals surface area contributed by atoms with E-state index in [1.54, 1.807) is 6.07 Å². The lowest BCUT2D eigenvalue weighted by Crippen LogP contribution is -2.42. The minimum Gasteiger partial charge on any atom is -0.298 e. The lowest BCUT2D eigenvalue weighted by molar-refractivity contribution is 0.102. The monoisotopic (exact) mass is 536 g/mol. The molecular weight excluding hydrogens is 508 g/mol. The van der Waals surface area contributed by atoms with Gasteiger partial charge >= 0.3 is 0 Å². The molecule has 3 aromatic rings. The Morgan fingerprint density at radius 2 is 1.60 bits per heavy atom. The second-order valence-corrected chi connectivity index (χ2v) is 14.3. The van der Waals surface area contributed by atoms with Crippen LogP contribution >= 0.6 is 11.3 Å². The molecule has 12 heteroatoms. The van der Waals surface area contributed by atoms with Gasteiger partial charge in [0.1, 0.15) is 0 Å². The number of carbonyl (C=O) groups is 1. The highest BCUT2D eigenvalue weighted by molar-refractivity contribution is 7.89. The molecule has 9 nitrogen and oxygen atoms in total. The molecule has 188 valence electrons. The Labute approximate surface area is 209 Å². The van der Waals surface area contributed by atoms with Gasteiger partial charge in [0.05, 0.1) is 20.0 Å². The summed E-state index contributed by atoms with van der Waals surface area (Å²) in [6, 6.07) is 10.5. The Hall–Kier alpha value is -2.38. The van der Waals surface area contributed by atoms with Crippen molar-refractivity contribution in [3.8, 4) is 0 Å². The number of carbonyl (C=O) groups excluding carboxylic acids is 1. The fourth-order valence-electron chi connectivity index (χ4n) is 4.23. The Morgan fingerprint density at radius 3 is 2.20 bits per heavy atom. The van der Waals surface area contributed by atoms with Gasteiger partial charge in [-0.25, -0.2) is 26.1 Å². The number of hydrogen-bond acceptors (Lipinski definition) is 7. The van der Waals surface area contributed by atoms with Crippen molar-refractivity contribution in [1.29, 1.82) is 0 Å². The van der Waals surface area contributed by atoms with Crippen LogP contribution in [0, 0.1) is 11.8 Å². The minimum atomic E-state index is -3.63. The number of piperidine rings is 1. The molecule has 1 N–H and O–H groups in total. The minimum absolute atomic E-state index is 0.144. The average molecular weight is 537 g/mol. The van der Waals surface area contributed by atoms with E-state index in [-0.39, 0.29) is 9.79 Å². The number of rotatable bonds is 6. The highest BCUT2D eigenvalue weighted by Gasteiger charge is 2.31. The first-order valence-corrected chi connectivity index (χ1v) is 14.8. The molecule has 2 atom stereocenters. The molecule has 1 aromatic heterocycles. The number of sulfonamides is 2. The first-order valence-electron chi connectivity index (χ1n) is 11.1. The summed E-state index contributed by atoms with van der Waals surface area (Å²) in [7, 11) is -4.29. The molecule has 2 aromatic carbocycles. The quantitative estimate of drug-likeness (QED) is 0.516. The van der Waals surface area contributed by atoms with E-state index in [1.165, 1.54) is 54.8 Å². The smallest absolute Gasteiger partial charge is 0.257 e. The second-order valence-electron chi connectivity index (χ2n) is 9.18. The van der Waals surface area contributed by atoms with Crippen molar-refractivity contribution < 1.29 is 21.6 Å². The van der Waals surface area contributed by atoms with E-state index < -0.39 is 26.0 Å². The SMILES string of the molecule is CC1CC(C)CN(S(=O)(=O)c2ccc(C(=O)Nc3nc4ccc(S(=O)(=O)N(C)C)cc4s3)cc2)C1. The van der Waals surface area contributed by atoms with Crippen molar-refractivity contribution in [2.75, 3.05) is 32.5 Å². The molecule has 1 aliphatic heterocycles. The maximum atomic E-state index is 13.1. The van der Waals surface area contributed by atoms with E-state index in [2.05, 4.69) is 24.1 Å². The molecule has 0 saturated carbocycles. The Balaban J connectivity index is 1.50. The third kappa shape index (κ3) is 5.26. The van der Waals surface area contributed by atoms with Crippen LogP contribution in [-0.2, 0) is 20.0 Å². The van der Waals surface area contributed by atoms with Crippen LogP contribution in [-0.4, -0.2) is 63.5 Å². The van der Waals surface area contributed by atoms with E-state index in [0.29, 0.717) is 45.8 Å². The highest BCUT2D eigenvalue weighted by atomic mass is 32.2. The summed E-state index contributed by atoms with van der Waals surface area (Å²) < 4.78 is 54.1. The molecule has 1 fully saturated rings. The Bertz CT molecular complexity index is 1450. The van der Waals surface area contributed by atoms with E-state index in [9.17, 15) is 21.6 Å². The van der Waals surface area contributed by atoms with Crippen molar-refractivity contribution >= 4 is 52.6 Å². The predicted octanol–water partition coefficient (Wildman–Crippen LogP) is 3.47. The lowest BCUT2D eigenvalue weighted by atomic mass is 9.94. The van der Waals surface area contributed by atoms with Crippen molar-refractivity contribution in [2.45, 2.75) is 30.1 Å². The van der Waals surface area contributed by atoms with Crippen molar-refractivity contribution in [2.24, 2.45) is 11.8 Å². The maximum Gasteiger partial charge on any atom is 0.257 e. The van der Waals surface area contributed by atoms with E-state index >= 15 is 0 Å². The molecule has 0 radical (unpaired) electrons. The summed E-state index contributed by atoms with van der Waals surface area (Å²) in [6.07, 6.45) is 1.00. The molecule has 2 heterocycles. The van der Waals surface area contributed by atoms with Crippen LogP contribution in [0.25, 0.3) is 10.2 Å². The van der Waals surface area contributed by atoms with Crippen molar-refractivity contribution in [3.63, 3.8) is 0 Å². The van der Waals surface area contributed by atoms with Gasteiger partial charge in [-0.3, -0.25) is 10.1 Å². The third-order valence-electron chi connectivity index (χ3n) is 5.95. The predicted molar refractivity (Wildman–Crippen MR) is 137 cm³/mol. The Kier molecular flexibility index (Phi) is 7.04. The van der Waals surface area contributed by atoms with Gasteiger partial charge in [0.2, 0.25) is 20.0 Å². The van der Waals surface area contributed by atoms with Crippen LogP contribution < -0.4 is 5.32 Å². The van der Waals surface area contributed by atoms with Gasteiger partial charge in [-0.1, -0.05) is 25.2 Å². The molecule has 1 saturated heterocycles. The zero-order chi connectivity index (χ0) is 25.5. The van der Waals surface area contributed by atoms with Crippen LogP contribution in [0.2, 0.25) is 0 Å². The van der Waals surface area contributed by atoms with Crippen LogP contribution in [0.3, 0.4) is 0 Å². The summed E-state index contributed by atoms with van der Waals surface area (Å²) in [5.74, 6) is 0.160. The maximum absolute atomic E-state index is 13.1. The van der Waals surface area contributed by atoms with Crippen molar-refractivity contribution in [1.82, 2.24) is 13.6 Å². The number of nitrogens with one attached hydrogen (secondary N) is 1. The average Bonchev–Trinajstić information content (AvgIpc) is 3.19. The fourth-order valence-corrected chi connectivity index (χ4v) is 7.81. The molecule has 1 amide bonds. The standard InChI is InChI=1S/C23H28N4O5S3/c1-15-11-16(2)14-27(13-15)35(31,32)18-7-5-17(6-8-18)22(28)25-23-24-20-10-9-19(12-21(20)33-23)34(29,30)26(3)4/h5-10,12,15-16H,11,13-14H2,1-4H3,(H,24,25,28). The van der Waals surface area contributed by atoms with Crippen LogP contribution in [0.4, 0.5) is 5.13 Å². The molecule has 0 spiro atoms. The third-order valence-corrected chi connectivity index (χ3v) is 10.5. The number of benzene rings is 2. The molecule has 2 unspecified atom stereocenters. The number of amides is 1. The van der Waals surface area contributed by atoms with E-state index in [0.717, 1.165) is 22.1 Å². The van der Waals surface area contributed by atoms with Gasteiger partial charge in [0, 0.05) is 32.7 Å². The number of fused-ring (bicyclic) bond motifs is 1. The summed E-state index contributed by atoms with van der Waals surface area (Å²) in [6.45, 7) is 5.08. The molecular formula is C23H28N4O5S3. The van der Waals surface area contributed by atoms with Gasteiger partial charge in [0.25, 0.3) is 5.91 Å². The summed E-state index contributed by atoms with van der Waals surface area (Å²) >= 11 is 1.16. The zero-order valence-corrected chi connectivity index (χ0v) is 22.4. The molecule has 0 aliphatic carbocycles. The topological polar surface area (TPSA) is 117 Å². The number of nitrogens with zero attached hydrogens (tertiary/aromatic N) is 3. The number of aromatic nitrogens is 1. The molecule has 1 aliphatic rings. The largest absolute Gasteiger partial charge is 0.298 e. The lowest BCUT2D eigenvalue weighted by Gasteiger charge is -2.34. The van der Waals surface area contributed by atoms with Gasteiger partial charge in [-0.2, -0.15) is 4.31 Å². The van der Waals surface area contributed by atoms with Gasteiger partial charge in [-0.05, 0) is 60.7 Å². The van der Waals surface area contributed by atoms with Gasteiger partial charge < -0.3 is 0 Å². The molecule has 35 heavy (non-hydrogen) atoms. The second kappa shape index (κ2) is 9.58. The summed E-state index contributed by atoms with van der Waals surface area (Å²) in [4.78, 5) is 17.4. The van der Waals surface area contributed by atoms with Gasteiger partial charge in [-0.15, -0.1) is 0 Å². The fraction of sp³-hybridized carbons (Fsp3) is 0.391. The normalized spacial score (nSPS) is 19.8. The van der Waals surface area contributed by atoms with E-state index in [1.807, 2.05) is 0 Å². The van der Waals surface area contributed by atoms with Crippen LogP contribution in [0.15, 0.2) is 52.3 Å². The van der Waals surface area contributed by atoms with Crippen LogP contribution in [0.1, 0.15) is 30.6 Å². The highest BCUT2D eigenvalue weighted by Crippen LogP contribution is 2.30. The zero-order valence-electron chi connectivity index (χ0n) is 19.9. The summed E-state index contributed by atoms with van der Waals surface area (Å²) in [5.41, 5.74) is 0.855. The molecule has 0 bridgehead atoms. The van der Waals surface area contributed by atoms with Crippen LogP contribution in [0.5, 0.6) is 0 Å². The number of anilines is 1. The van der Waals surface area contributed by atoms with E-state index in [4.69, 9.17) is 0 Å². The molecule has 4 rings (SSSR count). The first kappa shape index (κ1) is 25.7. The Morgan fingerprint density at radius 1 is 1.00 bits per heavy atom. The first-order chi connectivity index (χ1) is 16.4. The number of hydrogen-bond donors (Lipinski definition) is 1. The number of thiazole rings is 1. The summed E-state index contributed by atoms with van der Waals surface area (Å²) in [5, 5.41) is 3.03. The van der Waals surface area contributed by atoms with Crippen molar-refractivity contribution in [3.05, 3.63) is 48.0 Å². The van der Waals surface area contributed by atoms with Gasteiger partial charge in [0.15, 0.2) is 5.13 Å².